The molecule has 0 fully saturated rings. The van der Waals surface area contributed by atoms with Gasteiger partial charge in [0.1, 0.15) is 0 Å². The van der Waals surface area contributed by atoms with Crippen molar-refractivity contribution in [1.29, 1.82) is 0 Å². The van der Waals surface area contributed by atoms with E-state index in [-0.39, 0.29) is 18.5 Å². The number of nitrogens with zero attached hydrogens (tertiary/aromatic N) is 2. The van der Waals surface area contributed by atoms with Crippen molar-refractivity contribution in [1.82, 2.24) is 5.43 Å². The second kappa shape index (κ2) is 6.51. The Kier molecular flexibility index (Phi) is 4.04. The first-order valence-corrected chi connectivity index (χ1v) is 8.29. The molecule has 0 aliphatic carbocycles. The Balaban J connectivity index is 1.67. The Morgan fingerprint density at radius 3 is 2.65 bits per heavy atom. The smallest absolute Gasteiger partial charge is 0.269 e. The fourth-order valence-corrected chi connectivity index (χ4v) is 3.02. The molecule has 0 aromatic heterocycles. The van der Waals surface area contributed by atoms with Crippen LogP contribution in [0, 0.1) is 10.1 Å². The molecule has 0 spiro atoms. The minimum absolute atomic E-state index is 0.0718. The molecule has 4 rings (SSSR count). The quantitative estimate of drug-likeness (QED) is 0.677. The third-order valence-corrected chi connectivity index (χ3v) is 4.34. The summed E-state index contributed by atoms with van der Waals surface area (Å²) in [7, 11) is 0. The Morgan fingerprint density at radius 1 is 1.19 bits per heavy atom. The largest absolute Gasteiger partial charge is 0.454 e. The van der Waals surface area contributed by atoms with Crippen LogP contribution in [0.5, 0.6) is 11.5 Å². The third-order valence-electron chi connectivity index (χ3n) is 4.34. The van der Waals surface area contributed by atoms with Crippen LogP contribution in [-0.4, -0.2) is 23.5 Å². The summed E-state index contributed by atoms with van der Waals surface area (Å²) >= 11 is 0. The molecule has 7 heteroatoms. The maximum Gasteiger partial charge on any atom is 0.269 e. The zero-order valence-corrected chi connectivity index (χ0v) is 14.1. The Labute approximate surface area is 150 Å². The molecule has 2 aromatic rings. The summed E-state index contributed by atoms with van der Waals surface area (Å²) in [6.07, 6.45) is 4.60. The fraction of sp³-hybridized carbons (Fsp3) is 0.211. The van der Waals surface area contributed by atoms with Crippen LogP contribution >= 0.6 is 0 Å². The predicted molar refractivity (Wildman–Crippen MR) is 97.5 cm³/mol. The van der Waals surface area contributed by atoms with Crippen molar-refractivity contribution in [3.63, 3.8) is 0 Å². The van der Waals surface area contributed by atoms with Gasteiger partial charge in [0, 0.05) is 23.7 Å². The summed E-state index contributed by atoms with van der Waals surface area (Å²) in [5.74, 6) is 1.48. The van der Waals surface area contributed by atoms with E-state index < -0.39 is 4.92 Å². The van der Waals surface area contributed by atoms with Gasteiger partial charge in [0.05, 0.1) is 10.6 Å². The maximum atomic E-state index is 10.8. The molecule has 0 bridgehead atoms. The summed E-state index contributed by atoms with van der Waals surface area (Å²) < 4.78 is 11.0. The van der Waals surface area contributed by atoms with E-state index in [1.807, 2.05) is 24.3 Å². The van der Waals surface area contributed by atoms with Crippen molar-refractivity contribution in [2.75, 3.05) is 6.79 Å². The van der Waals surface area contributed by atoms with E-state index in [9.17, 15) is 10.1 Å². The van der Waals surface area contributed by atoms with Crippen LogP contribution in [0.15, 0.2) is 47.6 Å². The number of benzene rings is 2. The Hall–Kier alpha value is -3.35. The zero-order chi connectivity index (χ0) is 18.1. The van der Waals surface area contributed by atoms with Crippen LogP contribution in [0.2, 0.25) is 0 Å². The van der Waals surface area contributed by atoms with E-state index in [0.29, 0.717) is 0 Å². The summed E-state index contributed by atoms with van der Waals surface area (Å²) in [4.78, 5) is 10.3. The number of hydrogen-bond acceptors (Lipinski definition) is 6. The number of nitrogens with one attached hydrogen (secondary N) is 1. The number of nitro benzene ring substituents is 1. The van der Waals surface area contributed by atoms with Crippen molar-refractivity contribution in [2.24, 2.45) is 5.10 Å². The monoisotopic (exact) mass is 351 g/mol. The van der Waals surface area contributed by atoms with Gasteiger partial charge < -0.3 is 14.9 Å². The molecule has 26 heavy (non-hydrogen) atoms. The third kappa shape index (κ3) is 3.11. The summed E-state index contributed by atoms with van der Waals surface area (Å²) in [5.41, 5.74) is 6.98. The average molecular weight is 351 g/mol. The molecule has 0 amide bonds. The molecule has 0 saturated carbocycles. The van der Waals surface area contributed by atoms with Crippen LogP contribution in [0.25, 0.3) is 6.08 Å². The van der Waals surface area contributed by atoms with Crippen LogP contribution in [-0.2, 0) is 6.42 Å². The van der Waals surface area contributed by atoms with Gasteiger partial charge in [-0.3, -0.25) is 10.1 Å². The number of fused-ring (bicyclic) bond motifs is 2. The standard InChI is InChI=1S/C19H17N3O4/c1-12-8-14-9-18-19(26-11-25-18)10-16(14)17(21-20-12)7-4-13-2-5-15(6-3-13)22(23)24/h2-7,9-10,12,20H,8,11H2,1H3. The molecule has 1 unspecified atom stereocenters. The summed E-state index contributed by atoms with van der Waals surface area (Å²) in [6.45, 7) is 2.30. The van der Waals surface area contributed by atoms with Crippen molar-refractivity contribution in [3.8, 4) is 11.5 Å². The highest BCUT2D eigenvalue weighted by Crippen LogP contribution is 2.36. The lowest BCUT2D eigenvalue weighted by molar-refractivity contribution is -0.384. The van der Waals surface area contributed by atoms with Gasteiger partial charge in [-0.1, -0.05) is 6.08 Å². The number of hydrazone groups is 1. The van der Waals surface area contributed by atoms with Gasteiger partial charge in [-0.15, -0.1) is 0 Å². The van der Waals surface area contributed by atoms with E-state index in [1.165, 1.54) is 12.1 Å². The molecule has 1 atom stereocenters. The van der Waals surface area contributed by atoms with Gasteiger partial charge in [-0.25, -0.2) is 0 Å². The normalized spacial score (nSPS) is 18.0. The van der Waals surface area contributed by atoms with E-state index in [1.54, 1.807) is 12.1 Å². The lowest BCUT2D eigenvalue weighted by atomic mass is 9.97. The number of hydrogen-bond donors (Lipinski definition) is 1. The first kappa shape index (κ1) is 16.1. The number of nitro groups is 1. The van der Waals surface area contributed by atoms with Gasteiger partial charge in [-0.2, -0.15) is 5.10 Å². The Bertz CT molecular complexity index is 919. The summed E-state index contributed by atoms with van der Waals surface area (Å²) in [6, 6.07) is 10.6. The van der Waals surface area contributed by atoms with Gasteiger partial charge in [-0.05, 0) is 54.8 Å². The average Bonchev–Trinajstić information content (AvgIpc) is 3.02. The molecule has 2 aromatic carbocycles. The fourth-order valence-electron chi connectivity index (χ4n) is 3.02. The van der Waals surface area contributed by atoms with Gasteiger partial charge >= 0.3 is 0 Å². The van der Waals surface area contributed by atoms with Crippen LogP contribution in [0.3, 0.4) is 0 Å². The van der Waals surface area contributed by atoms with Crippen LogP contribution < -0.4 is 14.9 Å². The minimum Gasteiger partial charge on any atom is -0.454 e. The second-order valence-corrected chi connectivity index (χ2v) is 6.28. The van der Waals surface area contributed by atoms with E-state index in [4.69, 9.17) is 9.47 Å². The topological polar surface area (TPSA) is 86.0 Å². The SMILES string of the molecule is CC1Cc2cc3c(cc2C(C=Cc2ccc([N+](=O)[O-])cc2)=NN1)OCO3. The number of rotatable bonds is 3. The van der Waals surface area contributed by atoms with Crippen molar-refractivity contribution >= 4 is 17.5 Å². The van der Waals surface area contributed by atoms with Gasteiger partial charge in [0.25, 0.3) is 5.69 Å². The molecule has 2 aliphatic rings. The molecule has 2 heterocycles. The summed E-state index contributed by atoms with van der Waals surface area (Å²) in [5, 5.41) is 15.3. The highest BCUT2D eigenvalue weighted by molar-refractivity contribution is 6.12. The van der Waals surface area contributed by atoms with Crippen molar-refractivity contribution in [2.45, 2.75) is 19.4 Å². The first-order valence-electron chi connectivity index (χ1n) is 8.29. The van der Waals surface area contributed by atoms with Gasteiger partial charge in [0.15, 0.2) is 11.5 Å². The highest BCUT2D eigenvalue weighted by Gasteiger charge is 2.22. The molecule has 132 valence electrons. The number of non-ortho nitro benzene ring substituents is 1. The number of ether oxygens (including phenoxy) is 2. The lowest BCUT2D eigenvalue weighted by Gasteiger charge is -2.10. The molecule has 2 aliphatic heterocycles. The molecular weight excluding hydrogens is 334 g/mol. The molecule has 0 radical (unpaired) electrons. The highest BCUT2D eigenvalue weighted by atomic mass is 16.7. The lowest BCUT2D eigenvalue weighted by Crippen LogP contribution is -2.21. The van der Waals surface area contributed by atoms with E-state index in [0.717, 1.165) is 40.3 Å². The molecule has 7 nitrogen and oxygen atoms in total. The predicted octanol–water partition coefficient (Wildman–Crippen LogP) is 3.28. The molecule has 0 saturated heterocycles. The first-order chi connectivity index (χ1) is 12.6. The second-order valence-electron chi connectivity index (χ2n) is 6.28. The van der Waals surface area contributed by atoms with E-state index in [2.05, 4.69) is 17.5 Å². The maximum absolute atomic E-state index is 10.8. The van der Waals surface area contributed by atoms with E-state index >= 15 is 0 Å². The number of allylic oxidation sites excluding steroid dienone is 1. The Morgan fingerprint density at radius 2 is 1.92 bits per heavy atom. The van der Waals surface area contributed by atoms with Crippen LogP contribution in [0.4, 0.5) is 5.69 Å². The minimum atomic E-state index is -0.410. The van der Waals surface area contributed by atoms with Crippen LogP contribution in [0.1, 0.15) is 23.6 Å². The van der Waals surface area contributed by atoms with Crippen molar-refractivity contribution < 1.29 is 14.4 Å². The van der Waals surface area contributed by atoms with Crippen molar-refractivity contribution in [3.05, 3.63) is 69.3 Å². The molecule has 1 N–H and O–H groups in total. The zero-order valence-electron chi connectivity index (χ0n) is 14.1. The van der Waals surface area contributed by atoms with Gasteiger partial charge in [0.2, 0.25) is 6.79 Å². The molecular formula is C19H17N3O4.